The summed E-state index contributed by atoms with van der Waals surface area (Å²) in [6.45, 7) is 3.40. The lowest BCUT2D eigenvalue weighted by Gasteiger charge is -2.12. The normalized spacial score (nSPS) is 11.6. The van der Waals surface area contributed by atoms with E-state index in [9.17, 15) is 18.0 Å². The van der Waals surface area contributed by atoms with Crippen molar-refractivity contribution in [1.29, 1.82) is 0 Å². The number of hydrogen-bond donors (Lipinski definition) is 0. The van der Waals surface area contributed by atoms with Gasteiger partial charge in [0.15, 0.2) is 5.65 Å². The zero-order chi connectivity index (χ0) is 23.8. The van der Waals surface area contributed by atoms with Crippen molar-refractivity contribution in [1.82, 2.24) is 14.8 Å². The Labute approximate surface area is 187 Å². The number of carbonyl (C=O) groups excluding carboxylic acids is 1. The van der Waals surface area contributed by atoms with Crippen LogP contribution in [0.25, 0.3) is 16.7 Å². The molecular formula is C24H20F3N3O3. The van der Waals surface area contributed by atoms with Gasteiger partial charge >= 0.3 is 12.1 Å². The molecule has 0 N–H and O–H groups in total. The largest absolute Gasteiger partial charge is 0.473 e. The average Bonchev–Trinajstić information content (AvgIpc) is 3.13. The highest BCUT2D eigenvalue weighted by Crippen LogP contribution is 2.38. The number of alkyl halides is 3. The maximum absolute atomic E-state index is 13.9. The van der Waals surface area contributed by atoms with Crippen molar-refractivity contribution in [3.63, 3.8) is 0 Å². The van der Waals surface area contributed by atoms with E-state index in [1.54, 1.807) is 36.4 Å². The number of hydrogen-bond acceptors (Lipinski definition) is 5. The van der Waals surface area contributed by atoms with Crippen LogP contribution >= 0.6 is 0 Å². The number of esters is 1. The van der Waals surface area contributed by atoms with Crippen LogP contribution in [-0.2, 0) is 17.5 Å². The van der Waals surface area contributed by atoms with Gasteiger partial charge in [-0.1, -0.05) is 29.8 Å². The number of pyridine rings is 1. The minimum absolute atomic E-state index is 0.0328. The summed E-state index contributed by atoms with van der Waals surface area (Å²) in [5.41, 5.74) is 2.03. The van der Waals surface area contributed by atoms with Crippen LogP contribution in [-0.4, -0.2) is 27.8 Å². The lowest BCUT2D eigenvalue weighted by Crippen LogP contribution is -2.09. The molecule has 0 amide bonds. The van der Waals surface area contributed by atoms with Crippen molar-refractivity contribution in [2.75, 3.05) is 7.11 Å². The second-order valence-corrected chi connectivity index (χ2v) is 7.51. The summed E-state index contributed by atoms with van der Waals surface area (Å²) in [5, 5.41) is 4.24. The molecule has 0 aliphatic heterocycles. The van der Waals surface area contributed by atoms with Crippen molar-refractivity contribution < 1.29 is 27.4 Å². The van der Waals surface area contributed by atoms with Gasteiger partial charge in [-0.15, -0.1) is 0 Å². The molecule has 2 heterocycles. The molecule has 0 unspecified atom stereocenters. The van der Waals surface area contributed by atoms with E-state index in [-0.39, 0.29) is 29.2 Å². The van der Waals surface area contributed by atoms with E-state index in [1.165, 1.54) is 18.7 Å². The zero-order valence-corrected chi connectivity index (χ0v) is 18.1. The molecule has 0 saturated heterocycles. The molecule has 2 aromatic heterocycles. The number of ether oxygens (including phenoxy) is 2. The molecule has 0 radical (unpaired) electrons. The topological polar surface area (TPSA) is 66.2 Å². The maximum atomic E-state index is 13.9. The fourth-order valence-electron chi connectivity index (χ4n) is 3.44. The second kappa shape index (κ2) is 8.57. The summed E-state index contributed by atoms with van der Waals surface area (Å²) in [4.78, 5) is 15.9. The number of carbonyl (C=O) groups is 1. The molecule has 170 valence electrons. The Bertz CT molecular complexity index is 1310. The third-order valence-electron chi connectivity index (χ3n) is 5.13. The number of halogens is 3. The summed E-state index contributed by atoms with van der Waals surface area (Å²) in [6.07, 6.45) is -4.62. The number of methoxy groups -OCH3 is 1. The van der Waals surface area contributed by atoms with Gasteiger partial charge < -0.3 is 9.47 Å². The minimum Gasteiger partial charge on any atom is -0.473 e. The van der Waals surface area contributed by atoms with Crippen molar-refractivity contribution in [2.45, 2.75) is 26.6 Å². The highest BCUT2D eigenvalue weighted by Gasteiger charge is 2.36. The van der Waals surface area contributed by atoms with Crippen molar-refractivity contribution in [2.24, 2.45) is 0 Å². The molecule has 0 saturated carbocycles. The SMILES string of the molecule is COC(=O)c1ccc(COc2cc(C(F)(F)F)c3c(C)nn(-c4ccc(C)cc4)c3n2)cc1. The first-order chi connectivity index (χ1) is 15.7. The second-order valence-electron chi connectivity index (χ2n) is 7.51. The Morgan fingerprint density at radius 2 is 1.70 bits per heavy atom. The summed E-state index contributed by atoms with van der Waals surface area (Å²) < 4.78 is 53.3. The first-order valence-corrected chi connectivity index (χ1v) is 10.0. The lowest BCUT2D eigenvalue weighted by molar-refractivity contribution is -0.136. The minimum atomic E-state index is -4.62. The Hall–Kier alpha value is -3.88. The predicted octanol–water partition coefficient (Wildman–Crippen LogP) is 5.42. The Morgan fingerprint density at radius 3 is 2.30 bits per heavy atom. The average molecular weight is 455 g/mol. The summed E-state index contributed by atoms with van der Waals surface area (Å²) in [6, 6.07) is 14.5. The molecule has 0 atom stereocenters. The molecule has 4 rings (SSSR count). The van der Waals surface area contributed by atoms with Crippen LogP contribution in [0.5, 0.6) is 5.88 Å². The molecular weight excluding hydrogens is 435 g/mol. The molecule has 0 aliphatic rings. The van der Waals surface area contributed by atoms with Gasteiger partial charge in [-0.25, -0.2) is 9.48 Å². The molecule has 2 aromatic carbocycles. The van der Waals surface area contributed by atoms with Crippen LogP contribution in [0.3, 0.4) is 0 Å². The van der Waals surface area contributed by atoms with Crippen molar-refractivity contribution in [3.05, 3.63) is 82.5 Å². The quantitative estimate of drug-likeness (QED) is 0.376. The van der Waals surface area contributed by atoms with Crippen molar-refractivity contribution >= 4 is 17.0 Å². The van der Waals surface area contributed by atoms with E-state index >= 15 is 0 Å². The third-order valence-corrected chi connectivity index (χ3v) is 5.13. The molecule has 0 aliphatic carbocycles. The summed E-state index contributed by atoms with van der Waals surface area (Å²) >= 11 is 0. The Balaban J connectivity index is 1.73. The highest BCUT2D eigenvalue weighted by molar-refractivity contribution is 5.89. The lowest BCUT2D eigenvalue weighted by atomic mass is 10.1. The van der Waals surface area contributed by atoms with Gasteiger partial charge in [0.05, 0.1) is 35.0 Å². The van der Waals surface area contributed by atoms with E-state index in [0.29, 0.717) is 16.8 Å². The molecule has 6 nitrogen and oxygen atoms in total. The molecule has 9 heteroatoms. The fraction of sp³-hybridized carbons (Fsp3) is 0.208. The zero-order valence-electron chi connectivity index (χ0n) is 18.1. The number of fused-ring (bicyclic) bond motifs is 1. The monoisotopic (exact) mass is 455 g/mol. The van der Waals surface area contributed by atoms with Gasteiger partial charge in [-0.2, -0.15) is 23.3 Å². The highest BCUT2D eigenvalue weighted by atomic mass is 19.4. The smallest absolute Gasteiger partial charge is 0.417 e. The number of nitrogens with zero attached hydrogens (tertiary/aromatic N) is 3. The van der Waals surface area contributed by atoms with Crippen LogP contribution in [0.2, 0.25) is 0 Å². The van der Waals surface area contributed by atoms with E-state index < -0.39 is 17.7 Å². The third kappa shape index (κ3) is 4.52. The standard InChI is InChI=1S/C24H20F3N3O3/c1-14-4-10-18(11-5-14)30-22-21(15(2)29-30)19(24(25,26)27)12-20(28-22)33-13-16-6-8-17(9-7-16)23(31)32-3/h4-12H,13H2,1-3H3. The van der Waals surface area contributed by atoms with Gasteiger partial charge in [0, 0.05) is 6.07 Å². The molecule has 0 spiro atoms. The summed E-state index contributed by atoms with van der Waals surface area (Å²) in [7, 11) is 1.28. The fourth-order valence-corrected chi connectivity index (χ4v) is 3.44. The van der Waals surface area contributed by atoms with Crippen LogP contribution < -0.4 is 4.74 Å². The van der Waals surface area contributed by atoms with Gasteiger partial charge in [0.25, 0.3) is 0 Å². The van der Waals surface area contributed by atoms with Gasteiger partial charge in [0.2, 0.25) is 5.88 Å². The van der Waals surface area contributed by atoms with Crippen LogP contribution in [0.15, 0.2) is 54.6 Å². The van der Waals surface area contributed by atoms with Gasteiger partial charge in [0.1, 0.15) is 6.61 Å². The van der Waals surface area contributed by atoms with Gasteiger partial charge in [-0.3, -0.25) is 0 Å². The Kier molecular flexibility index (Phi) is 5.80. The van der Waals surface area contributed by atoms with E-state index in [4.69, 9.17) is 4.74 Å². The maximum Gasteiger partial charge on any atom is 0.417 e. The number of rotatable bonds is 5. The number of benzene rings is 2. The summed E-state index contributed by atoms with van der Waals surface area (Å²) in [5.74, 6) is -0.663. The molecule has 33 heavy (non-hydrogen) atoms. The molecule has 4 aromatic rings. The number of aryl methyl sites for hydroxylation is 2. The first kappa shape index (κ1) is 22.3. The van der Waals surface area contributed by atoms with Crippen LogP contribution in [0.1, 0.15) is 32.7 Å². The van der Waals surface area contributed by atoms with E-state index in [1.807, 2.05) is 19.1 Å². The van der Waals surface area contributed by atoms with Crippen molar-refractivity contribution in [3.8, 4) is 11.6 Å². The first-order valence-electron chi connectivity index (χ1n) is 10.0. The Morgan fingerprint density at radius 1 is 1.03 bits per heavy atom. The van der Waals surface area contributed by atoms with E-state index in [0.717, 1.165) is 11.6 Å². The van der Waals surface area contributed by atoms with E-state index in [2.05, 4.69) is 14.8 Å². The van der Waals surface area contributed by atoms with Crippen LogP contribution in [0, 0.1) is 13.8 Å². The molecule has 0 fully saturated rings. The van der Waals surface area contributed by atoms with Gasteiger partial charge in [-0.05, 0) is 43.7 Å². The van der Waals surface area contributed by atoms with Crippen LogP contribution in [0.4, 0.5) is 13.2 Å². The number of aromatic nitrogens is 3. The molecule has 0 bridgehead atoms. The predicted molar refractivity (Wildman–Crippen MR) is 115 cm³/mol.